The van der Waals surface area contributed by atoms with Crippen molar-refractivity contribution in [2.24, 2.45) is 10.7 Å². The summed E-state index contributed by atoms with van der Waals surface area (Å²) in [7, 11) is 0. The van der Waals surface area contributed by atoms with E-state index in [9.17, 15) is 32.3 Å². The summed E-state index contributed by atoms with van der Waals surface area (Å²) in [5.74, 6) is -2.40. The first-order valence-corrected chi connectivity index (χ1v) is 11.9. The second kappa shape index (κ2) is 10.8. The first-order valence-electron chi connectivity index (χ1n) is 10.8. The topological polar surface area (TPSA) is 160 Å². The van der Waals surface area contributed by atoms with Crippen molar-refractivity contribution < 1.29 is 37.5 Å². The van der Waals surface area contributed by atoms with E-state index in [1.807, 2.05) is 5.32 Å². The molecule has 0 radical (unpaired) electrons. The number of aromatic nitrogens is 2. The second-order valence-corrected chi connectivity index (χ2v) is 9.44. The van der Waals surface area contributed by atoms with E-state index in [0.717, 1.165) is 6.07 Å². The van der Waals surface area contributed by atoms with Gasteiger partial charge >= 0.3 is 12.3 Å². The summed E-state index contributed by atoms with van der Waals surface area (Å²) in [5.41, 5.74) is 5.38. The number of nitrogens with one attached hydrogen (secondary N) is 1. The van der Waals surface area contributed by atoms with Gasteiger partial charge in [-0.1, -0.05) is 23.7 Å². The molecule has 0 bridgehead atoms. The average molecular weight is 581 g/mol. The fraction of sp³-hybridized carbons (Fsp3) is 0.130. The Morgan fingerprint density at radius 1 is 1.21 bits per heavy atom. The number of imide groups is 1. The lowest BCUT2D eigenvalue weighted by Gasteiger charge is -2.14. The molecule has 0 spiro atoms. The molecule has 0 unspecified atom stereocenters. The Balaban J connectivity index is 1.52. The second-order valence-electron chi connectivity index (χ2n) is 8.02. The van der Waals surface area contributed by atoms with Crippen LogP contribution in [0.5, 0.6) is 0 Å². The first-order chi connectivity index (χ1) is 18.3. The summed E-state index contributed by atoms with van der Waals surface area (Å²) in [6, 6.07) is 8.35. The first kappa shape index (κ1) is 27.7. The number of alkyl halides is 3. The average Bonchev–Trinajstić information content (AvgIpc) is 3.34. The lowest BCUT2D eigenvalue weighted by atomic mass is 10.1. The highest BCUT2D eigenvalue weighted by Crippen LogP contribution is 2.35. The van der Waals surface area contributed by atoms with Crippen LogP contribution in [0, 0.1) is 0 Å². The molecule has 3 aromatic rings. The molecule has 0 saturated carbocycles. The Morgan fingerprint density at radius 3 is 2.64 bits per heavy atom. The fourth-order valence-corrected chi connectivity index (χ4v) is 4.69. The Hall–Kier alpha value is -4.37. The van der Waals surface area contributed by atoms with E-state index in [1.54, 1.807) is 18.2 Å². The van der Waals surface area contributed by atoms with Crippen molar-refractivity contribution in [3.05, 3.63) is 69.2 Å². The largest absolute Gasteiger partial charge is 0.463 e. The van der Waals surface area contributed by atoms with Crippen LogP contribution in [0.15, 0.2) is 52.5 Å². The molecule has 0 atom stereocenters. The zero-order chi connectivity index (χ0) is 28.5. The number of carboxylic acid groups (broad SMARTS) is 1. The zero-order valence-electron chi connectivity index (χ0n) is 19.4. The molecular formula is C23H16ClF3N6O5S. The number of carbonyl (C=O) groups is 4. The van der Waals surface area contributed by atoms with E-state index in [-0.39, 0.29) is 22.0 Å². The minimum absolute atomic E-state index is 0.0164. The molecule has 2 aromatic carbocycles. The highest BCUT2D eigenvalue weighted by Gasteiger charge is 2.36. The van der Waals surface area contributed by atoms with Gasteiger partial charge in [0.15, 0.2) is 0 Å². The number of fused-ring (bicyclic) bond motifs is 1. The SMILES string of the molecule is NC(=NC(=O)O)NC(=O)CN1C(=O)S/C(=C\c2ccc3c(cnn3Cc3ccc(Cl)cc3C(F)(F)F)c2)C1=O. The number of halogens is 4. The van der Waals surface area contributed by atoms with Gasteiger partial charge in [0.05, 0.1) is 28.7 Å². The highest BCUT2D eigenvalue weighted by atomic mass is 35.5. The number of nitrogens with zero attached hydrogens (tertiary/aromatic N) is 4. The Morgan fingerprint density at radius 2 is 1.95 bits per heavy atom. The maximum Gasteiger partial charge on any atom is 0.434 e. The summed E-state index contributed by atoms with van der Waals surface area (Å²) in [4.78, 5) is 51.0. The van der Waals surface area contributed by atoms with Gasteiger partial charge in [0.1, 0.15) is 6.54 Å². The molecule has 16 heteroatoms. The summed E-state index contributed by atoms with van der Waals surface area (Å²) in [6.45, 7) is -0.883. The van der Waals surface area contributed by atoms with Gasteiger partial charge in [-0.25, -0.2) is 4.79 Å². The minimum Gasteiger partial charge on any atom is -0.463 e. The van der Waals surface area contributed by atoms with Crippen molar-refractivity contribution in [2.45, 2.75) is 12.7 Å². The van der Waals surface area contributed by atoms with Gasteiger partial charge in [0.25, 0.3) is 11.1 Å². The standard InChI is InChI=1S/C23H16ClF3N6O5S/c24-14-3-2-12(15(7-14)23(25,26)27)9-33-16-4-1-11(5-13(16)8-29-33)6-17-19(35)32(22(38)39-17)10-18(34)30-20(28)31-21(36)37/h1-8H,9-10H2,(H,36,37)(H3,28,30,31,34)/b17-6-. The molecule has 1 fully saturated rings. The number of hydrogen-bond acceptors (Lipinski definition) is 6. The number of carbonyl (C=O) groups excluding carboxylic acids is 3. The molecule has 1 aliphatic rings. The smallest absolute Gasteiger partial charge is 0.434 e. The molecule has 2 heterocycles. The van der Waals surface area contributed by atoms with E-state index in [2.05, 4.69) is 10.1 Å². The van der Waals surface area contributed by atoms with Gasteiger partial charge in [-0.15, -0.1) is 4.99 Å². The molecule has 202 valence electrons. The molecule has 0 aliphatic carbocycles. The van der Waals surface area contributed by atoms with Crippen molar-refractivity contribution in [2.75, 3.05) is 6.54 Å². The van der Waals surface area contributed by atoms with Crippen LogP contribution in [-0.4, -0.2) is 55.4 Å². The summed E-state index contributed by atoms with van der Waals surface area (Å²) < 4.78 is 41.8. The van der Waals surface area contributed by atoms with Gasteiger partial charge < -0.3 is 10.8 Å². The third-order valence-corrected chi connectivity index (χ3v) is 6.46. The number of aliphatic imine (C=N–C) groups is 1. The molecule has 39 heavy (non-hydrogen) atoms. The summed E-state index contributed by atoms with van der Waals surface area (Å²) >= 11 is 6.34. The lowest BCUT2D eigenvalue weighted by molar-refractivity contribution is -0.138. The van der Waals surface area contributed by atoms with Crippen LogP contribution in [0.2, 0.25) is 5.02 Å². The van der Waals surface area contributed by atoms with E-state index in [0.29, 0.717) is 33.1 Å². The molecule has 4 N–H and O–H groups in total. The highest BCUT2D eigenvalue weighted by molar-refractivity contribution is 8.18. The Bertz CT molecular complexity index is 1590. The lowest BCUT2D eigenvalue weighted by Crippen LogP contribution is -2.44. The number of benzene rings is 2. The summed E-state index contributed by atoms with van der Waals surface area (Å²) in [5, 5.41) is 14.5. The predicted octanol–water partition coefficient (Wildman–Crippen LogP) is 3.90. The van der Waals surface area contributed by atoms with Crippen molar-refractivity contribution in [1.29, 1.82) is 0 Å². The van der Waals surface area contributed by atoms with E-state index in [1.165, 1.54) is 29.1 Å². The quantitative estimate of drug-likeness (QED) is 0.233. The van der Waals surface area contributed by atoms with Crippen LogP contribution < -0.4 is 11.1 Å². The number of guanidine groups is 1. The monoisotopic (exact) mass is 580 g/mol. The molecule has 1 saturated heterocycles. The maximum atomic E-state index is 13.5. The van der Waals surface area contributed by atoms with Crippen LogP contribution in [0.3, 0.4) is 0 Å². The van der Waals surface area contributed by atoms with E-state index < -0.39 is 47.4 Å². The molecular weight excluding hydrogens is 565 g/mol. The van der Waals surface area contributed by atoms with E-state index >= 15 is 0 Å². The number of thioether (sulfide) groups is 1. The number of rotatable bonds is 5. The summed E-state index contributed by atoms with van der Waals surface area (Å²) in [6.07, 6.45) is -3.37. The van der Waals surface area contributed by atoms with Gasteiger partial charge in [-0.3, -0.25) is 29.3 Å². The van der Waals surface area contributed by atoms with Crippen LogP contribution in [0.1, 0.15) is 16.7 Å². The van der Waals surface area contributed by atoms with Crippen molar-refractivity contribution in [1.82, 2.24) is 20.0 Å². The molecule has 4 rings (SSSR count). The van der Waals surface area contributed by atoms with Crippen LogP contribution in [-0.2, 0) is 22.3 Å². The van der Waals surface area contributed by atoms with Gasteiger partial charge in [0, 0.05) is 10.4 Å². The Kier molecular flexibility index (Phi) is 7.65. The molecule has 11 nitrogen and oxygen atoms in total. The third kappa shape index (κ3) is 6.38. The van der Waals surface area contributed by atoms with Gasteiger partial charge in [-0.05, 0) is 53.2 Å². The minimum atomic E-state index is -4.60. The predicted molar refractivity (Wildman–Crippen MR) is 136 cm³/mol. The molecule has 1 aromatic heterocycles. The fourth-order valence-electron chi connectivity index (χ4n) is 3.68. The van der Waals surface area contributed by atoms with Crippen molar-refractivity contribution in [3.8, 4) is 0 Å². The van der Waals surface area contributed by atoms with Gasteiger partial charge in [-0.2, -0.15) is 18.3 Å². The Labute approximate surface area is 226 Å². The van der Waals surface area contributed by atoms with Crippen LogP contribution >= 0.6 is 23.4 Å². The van der Waals surface area contributed by atoms with Crippen LogP contribution in [0.4, 0.5) is 22.8 Å². The van der Waals surface area contributed by atoms with Crippen molar-refractivity contribution >= 4 is 69.4 Å². The van der Waals surface area contributed by atoms with Crippen LogP contribution in [0.25, 0.3) is 17.0 Å². The van der Waals surface area contributed by atoms with Crippen molar-refractivity contribution in [3.63, 3.8) is 0 Å². The number of hydrogen-bond donors (Lipinski definition) is 3. The third-order valence-electron chi connectivity index (χ3n) is 5.32. The molecule has 1 aliphatic heterocycles. The van der Waals surface area contributed by atoms with Gasteiger partial charge in [0.2, 0.25) is 11.9 Å². The maximum absolute atomic E-state index is 13.5. The molecule has 4 amide bonds. The zero-order valence-corrected chi connectivity index (χ0v) is 21.0. The van der Waals surface area contributed by atoms with E-state index in [4.69, 9.17) is 22.4 Å². The number of nitrogens with two attached hydrogens (primary N) is 1. The number of amides is 4. The normalized spacial score (nSPS) is 15.4.